The lowest BCUT2D eigenvalue weighted by Gasteiger charge is -2.13. The number of fused-ring (bicyclic) bond motifs is 1. The van der Waals surface area contributed by atoms with E-state index in [-0.39, 0.29) is 15.5 Å². The summed E-state index contributed by atoms with van der Waals surface area (Å²) in [6.45, 7) is -0.815. The van der Waals surface area contributed by atoms with Crippen LogP contribution in [-0.4, -0.2) is 40.4 Å². The van der Waals surface area contributed by atoms with Crippen molar-refractivity contribution < 1.29 is 21.6 Å². The van der Waals surface area contributed by atoms with E-state index in [4.69, 9.17) is 0 Å². The van der Waals surface area contributed by atoms with Crippen LogP contribution >= 0.6 is 11.3 Å². The van der Waals surface area contributed by atoms with Crippen LogP contribution in [0.5, 0.6) is 0 Å². The van der Waals surface area contributed by atoms with Gasteiger partial charge in [-0.1, -0.05) is 11.3 Å². The van der Waals surface area contributed by atoms with Crippen LogP contribution in [0.15, 0.2) is 27.9 Å². The predicted molar refractivity (Wildman–Crippen MR) is 90.6 cm³/mol. The Morgan fingerprint density at radius 1 is 1.33 bits per heavy atom. The molecule has 0 amide bonds. The van der Waals surface area contributed by atoms with Gasteiger partial charge in [-0.05, 0) is 31.0 Å². The van der Waals surface area contributed by atoms with E-state index in [9.17, 15) is 26.4 Å². The summed E-state index contributed by atoms with van der Waals surface area (Å²) in [6.07, 6.45) is -2.03. The summed E-state index contributed by atoms with van der Waals surface area (Å²) in [7, 11) is -4.03. The number of sulfonamides is 1. The molecule has 144 valence electrons. The van der Waals surface area contributed by atoms with E-state index < -0.39 is 39.4 Å². The highest BCUT2D eigenvalue weighted by Crippen LogP contribution is 2.37. The first kappa shape index (κ1) is 18.1. The van der Waals surface area contributed by atoms with Crippen LogP contribution in [0.2, 0.25) is 0 Å². The van der Waals surface area contributed by atoms with Crippen molar-refractivity contribution in [1.82, 2.24) is 24.5 Å². The van der Waals surface area contributed by atoms with Crippen LogP contribution in [0.4, 0.5) is 13.2 Å². The molecule has 0 radical (unpaired) electrons. The lowest BCUT2D eigenvalue weighted by molar-refractivity contribution is 0.150. The van der Waals surface area contributed by atoms with Gasteiger partial charge in [-0.25, -0.2) is 35.7 Å². The third-order valence-corrected chi connectivity index (χ3v) is 6.73. The Kier molecular flexibility index (Phi) is 4.12. The van der Waals surface area contributed by atoms with Gasteiger partial charge in [0.1, 0.15) is 6.67 Å². The normalized spacial score (nSPS) is 16.3. The van der Waals surface area contributed by atoms with E-state index in [1.807, 2.05) is 0 Å². The highest BCUT2D eigenvalue weighted by molar-refractivity contribution is 7.89. The Hall–Kier alpha value is -2.25. The maximum atomic E-state index is 13.0. The second kappa shape index (κ2) is 6.14. The highest BCUT2D eigenvalue weighted by atomic mass is 32.2. The zero-order chi connectivity index (χ0) is 19.4. The van der Waals surface area contributed by atoms with E-state index in [1.165, 1.54) is 18.2 Å². The number of H-pyrrole nitrogens is 1. The van der Waals surface area contributed by atoms with Gasteiger partial charge in [0.05, 0.1) is 21.5 Å². The smallest absolute Gasteiger partial charge is 0.305 e. The minimum Gasteiger partial charge on any atom is -0.305 e. The lowest BCUT2D eigenvalue weighted by atomic mass is 10.3. The molecule has 1 aliphatic rings. The summed E-state index contributed by atoms with van der Waals surface area (Å²) >= 11 is 0.521. The third-order valence-electron chi connectivity index (χ3n) is 4.23. The molecule has 13 heteroatoms. The molecule has 8 nitrogen and oxygen atoms in total. The number of alkyl halides is 3. The number of benzene rings is 1. The largest absolute Gasteiger partial charge is 0.332 e. The van der Waals surface area contributed by atoms with Gasteiger partial charge in [0, 0.05) is 0 Å². The molecule has 27 heavy (non-hydrogen) atoms. The molecular formula is C14H12F3N5O3S2. The second-order valence-corrected chi connectivity index (χ2v) is 8.86. The summed E-state index contributed by atoms with van der Waals surface area (Å²) in [5, 5.41) is 6.23. The quantitative estimate of drug-likeness (QED) is 0.634. The van der Waals surface area contributed by atoms with Crippen molar-refractivity contribution in [1.29, 1.82) is 0 Å². The summed E-state index contributed by atoms with van der Waals surface area (Å²) in [5.41, 5.74) is -1.33. The van der Waals surface area contributed by atoms with E-state index in [0.29, 0.717) is 29.7 Å². The lowest BCUT2D eigenvalue weighted by Crippen LogP contribution is -2.38. The number of hydrogen-bond donors (Lipinski definition) is 2. The summed E-state index contributed by atoms with van der Waals surface area (Å²) in [4.78, 5) is 14.5. The average Bonchev–Trinajstić information content (AvgIpc) is 3.06. The second-order valence-electron chi connectivity index (χ2n) is 6.19. The molecule has 3 aromatic rings. The van der Waals surface area contributed by atoms with Gasteiger partial charge >= 0.3 is 5.69 Å². The van der Waals surface area contributed by atoms with E-state index in [0.717, 1.165) is 4.57 Å². The number of nitrogens with one attached hydrogen (secondary N) is 2. The number of nitrogens with zero attached hydrogens (tertiary/aromatic N) is 3. The standard InChI is InChI=1S/C14H12F3N5O3S2/c15-6-14(3-4-14)21-27(24,25)7-1-2-8-9(5-7)22(12(23)18-8)13-20-19-11(26-13)10(16)17/h1-2,5,10,21H,3-4,6H2,(H,18,23). The molecule has 1 aromatic carbocycles. The minimum atomic E-state index is -4.03. The van der Waals surface area contributed by atoms with E-state index in [2.05, 4.69) is 19.9 Å². The van der Waals surface area contributed by atoms with Crippen LogP contribution in [0.25, 0.3) is 16.2 Å². The van der Waals surface area contributed by atoms with Crippen molar-refractivity contribution in [2.75, 3.05) is 6.67 Å². The van der Waals surface area contributed by atoms with Crippen molar-refractivity contribution in [3.05, 3.63) is 33.7 Å². The van der Waals surface area contributed by atoms with Crippen molar-refractivity contribution in [3.8, 4) is 5.13 Å². The number of hydrogen-bond acceptors (Lipinski definition) is 6. The first-order chi connectivity index (χ1) is 12.7. The van der Waals surface area contributed by atoms with Gasteiger partial charge in [-0.2, -0.15) is 0 Å². The molecule has 2 N–H and O–H groups in total. The first-order valence-corrected chi connectivity index (χ1v) is 10.0. The maximum Gasteiger partial charge on any atom is 0.332 e. The van der Waals surface area contributed by atoms with Gasteiger partial charge in [-0.3, -0.25) is 0 Å². The zero-order valence-electron chi connectivity index (χ0n) is 13.4. The molecule has 1 saturated carbocycles. The third kappa shape index (κ3) is 3.15. The predicted octanol–water partition coefficient (Wildman–Crippen LogP) is 1.89. The Balaban J connectivity index is 1.81. The van der Waals surface area contributed by atoms with Crippen LogP contribution in [0, 0.1) is 0 Å². The molecule has 1 aliphatic carbocycles. The molecule has 4 rings (SSSR count). The molecule has 2 heterocycles. The van der Waals surface area contributed by atoms with Gasteiger partial charge in [-0.15, -0.1) is 10.2 Å². The molecular weight excluding hydrogens is 407 g/mol. The number of rotatable bonds is 6. The first-order valence-electron chi connectivity index (χ1n) is 7.71. The molecule has 0 aliphatic heterocycles. The van der Waals surface area contributed by atoms with Crippen molar-refractivity contribution in [3.63, 3.8) is 0 Å². The molecule has 0 unspecified atom stereocenters. The summed E-state index contributed by atoms with van der Waals surface area (Å²) in [5.74, 6) is 0. The Morgan fingerprint density at radius 2 is 2.07 bits per heavy atom. The van der Waals surface area contributed by atoms with E-state index >= 15 is 0 Å². The van der Waals surface area contributed by atoms with Crippen LogP contribution < -0.4 is 10.4 Å². The zero-order valence-corrected chi connectivity index (χ0v) is 15.1. The fraction of sp³-hybridized carbons (Fsp3) is 0.357. The fourth-order valence-electron chi connectivity index (χ4n) is 2.60. The Labute approximate surface area is 154 Å². The van der Waals surface area contributed by atoms with Gasteiger partial charge < -0.3 is 4.98 Å². The van der Waals surface area contributed by atoms with Crippen LogP contribution in [0.1, 0.15) is 24.3 Å². The minimum absolute atomic E-state index is 0.119. The van der Waals surface area contributed by atoms with Crippen molar-refractivity contribution >= 4 is 32.4 Å². The molecule has 0 bridgehead atoms. The van der Waals surface area contributed by atoms with Crippen molar-refractivity contribution in [2.24, 2.45) is 0 Å². The molecule has 2 aromatic heterocycles. The number of aromatic amines is 1. The Bertz CT molecular complexity index is 1180. The maximum absolute atomic E-state index is 13.0. The average molecular weight is 419 g/mol. The summed E-state index contributed by atoms with van der Waals surface area (Å²) < 4.78 is 66.9. The summed E-state index contributed by atoms with van der Waals surface area (Å²) in [6, 6.07) is 3.84. The molecule has 1 fully saturated rings. The SMILES string of the molecule is O=c1[nH]c2ccc(S(=O)(=O)NC3(CF)CC3)cc2n1-c1nnc(C(F)F)s1. The van der Waals surface area contributed by atoms with Crippen LogP contribution in [-0.2, 0) is 10.0 Å². The highest BCUT2D eigenvalue weighted by Gasteiger charge is 2.46. The Morgan fingerprint density at radius 3 is 2.67 bits per heavy atom. The molecule has 0 atom stereocenters. The fourth-order valence-corrected chi connectivity index (χ4v) is 4.78. The monoisotopic (exact) mass is 419 g/mol. The number of aromatic nitrogens is 4. The molecule has 0 spiro atoms. The van der Waals surface area contributed by atoms with Gasteiger partial charge in [0.25, 0.3) is 6.43 Å². The van der Waals surface area contributed by atoms with Gasteiger partial charge in [0.2, 0.25) is 15.2 Å². The van der Waals surface area contributed by atoms with Crippen LogP contribution in [0.3, 0.4) is 0 Å². The number of halogens is 3. The van der Waals surface area contributed by atoms with Gasteiger partial charge in [0.15, 0.2) is 5.01 Å². The van der Waals surface area contributed by atoms with Crippen molar-refractivity contribution in [2.45, 2.75) is 29.7 Å². The topological polar surface area (TPSA) is 110 Å². The molecule has 0 saturated heterocycles. The number of imidazole rings is 1. The van der Waals surface area contributed by atoms with E-state index in [1.54, 1.807) is 0 Å².